The lowest BCUT2D eigenvalue weighted by Crippen LogP contribution is -2.48. The van der Waals surface area contributed by atoms with Gasteiger partial charge in [-0.25, -0.2) is 4.79 Å². The largest absolute Gasteiger partial charge is 0.511 e. The Morgan fingerprint density at radius 2 is 1.74 bits per heavy atom. The van der Waals surface area contributed by atoms with Crippen molar-refractivity contribution in [1.29, 1.82) is 0 Å². The number of amides is 1. The first-order chi connectivity index (χ1) is 20.3. The van der Waals surface area contributed by atoms with Crippen LogP contribution >= 0.6 is 0 Å². The number of carbonyl (C=O) groups is 3. The fraction of sp³-hybridized carbons (Fsp3) is 0.0909. The van der Waals surface area contributed by atoms with Crippen LogP contribution in [0.3, 0.4) is 0 Å². The van der Waals surface area contributed by atoms with Crippen LogP contribution in [0.2, 0.25) is 0 Å². The SMILES string of the molecule is O=C(O)C1=NN(c2ccccc2)C(=O)\C1=C/C=C/C=C/c1ccc2c(c1)C(=O)C(C1NC3C=CC=CC3C=C1O)=C2O. The van der Waals surface area contributed by atoms with Crippen molar-refractivity contribution in [1.82, 2.24) is 5.32 Å². The molecule has 42 heavy (non-hydrogen) atoms. The summed E-state index contributed by atoms with van der Waals surface area (Å²) < 4.78 is 0. The minimum absolute atomic E-state index is 0.0120. The van der Waals surface area contributed by atoms with Gasteiger partial charge in [0.05, 0.1) is 22.9 Å². The van der Waals surface area contributed by atoms with Crippen molar-refractivity contribution in [3.8, 4) is 0 Å². The molecule has 0 fully saturated rings. The molecule has 2 aliphatic carbocycles. The van der Waals surface area contributed by atoms with Crippen LogP contribution in [-0.4, -0.2) is 50.8 Å². The Labute approximate surface area is 240 Å². The summed E-state index contributed by atoms with van der Waals surface area (Å²) in [6, 6.07) is 12.7. The van der Waals surface area contributed by atoms with Crippen molar-refractivity contribution in [2.45, 2.75) is 12.1 Å². The second-order valence-corrected chi connectivity index (χ2v) is 9.99. The smallest absolute Gasteiger partial charge is 0.357 e. The number of carboxylic acids is 1. The van der Waals surface area contributed by atoms with Gasteiger partial charge in [0.2, 0.25) is 0 Å². The molecule has 0 radical (unpaired) electrons. The highest BCUT2D eigenvalue weighted by Gasteiger charge is 2.40. The van der Waals surface area contributed by atoms with E-state index in [2.05, 4.69) is 10.4 Å². The molecule has 0 bridgehead atoms. The molecule has 6 rings (SSSR count). The van der Waals surface area contributed by atoms with Gasteiger partial charge in [-0.15, -0.1) is 0 Å². The summed E-state index contributed by atoms with van der Waals surface area (Å²) in [5.41, 5.74) is 1.57. The maximum atomic E-state index is 13.4. The molecular weight excluding hydrogens is 534 g/mol. The highest BCUT2D eigenvalue weighted by atomic mass is 16.4. The van der Waals surface area contributed by atoms with Crippen molar-refractivity contribution in [3.05, 3.63) is 137 Å². The fourth-order valence-corrected chi connectivity index (χ4v) is 5.33. The van der Waals surface area contributed by atoms with E-state index < -0.39 is 17.9 Å². The van der Waals surface area contributed by atoms with E-state index in [1.807, 2.05) is 24.3 Å². The normalized spacial score (nSPS) is 24.1. The third-order valence-corrected chi connectivity index (χ3v) is 7.38. The van der Waals surface area contributed by atoms with E-state index in [0.29, 0.717) is 22.4 Å². The van der Waals surface area contributed by atoms with Gasteiger partial charge < -0.3 is 15.3 Å². The number of ketones is 1. The number of aliphatic hydroxyl groups is 2. The van der Waals surface area contributed by atoms with Crippen LogP contribution in [0.5, 0.6) is 0 Å². The number of aliphatic hydroxyl groups excluding tert-OH is 2. The number of benzene rings is 2. The number of hydrazone groups is 1. The molecule has 3 atom stereocenters. The first kappa shape index (κ1) is 26.7. The van der Waals surface area contributed by atoms with Gasteiger partial charge in [-0.2, -0.15) is 10.1 Å². The summed E-state index contributed by atoms with van der Waals surface area (Å²) in [7, 11) is 0. The second kappa shape index (κ2) is 10.8. The lowest BCUT2D eigenvalue weighted by atomic mass is 9.86. The summed E-state index contributed by atoms with van der Waals surface area (Å²) >= 11 is 0. The molecule has 0 aromatic heterocycles. The number of nitrogens with one attached hydrogen (secondary N) is 1. The highest BCUT2D eigenvalue weighted by Crippen LogP contribution is 2.37. The Bertz CT molecular complexity index is 1760. The number of hydrogen-bond donors (Lipinski definition) is 4. The maximum absolute atomic E-state index is 13.4. The van der Waals surface area contributed by atoms with Crippen LogP contribution < -0.4 is 10.3 Å². The Morgan fingerprint density at radius 3 is 2.52 bits per heavy atom. The van der Waals surface area contributed by atoms with Gasteiger partial charge >= 0.3 is 5.97 Å². The molecule has 208 valence electrons. The van der Waals surface area contributed by atoms with Crippen LogP contribution in [0.4, 0.5) is 5.69 Å². The average molecular weight is 560 g/mol. The zero-order valence-electron chi connectivity index (χ0n) is 22.1. The summed E-state index contributed by atoms with van der Waals surface area (Å²) in [4.78, 5) is 37.9. The van der Waals surface area contributed by atoms with Gasteiger partial charge in [-0.3, -0.25) is 14.9 Å². The van der Waals surface area contributed by atoms with Gasteiger partial charge in [0.1, 0.15) is 11.5 Å². The lowest BCUT2D eigenvalue weighted by molar-refractivity contribution is -0.129. The van der Waals surface area contributed by atoms with Gasteiger partial charge in [0.25, 0.3) is 5.91 Å². The number of hydrogen-bond acceptors (Lipinski definition) is 7. The highest BCUT2D eigenvalue weighted by molar-refractivity contribution is 6.52. The number of rotatable bonds is 6. The average Bonchev–Trinajstić information content (AvgIpc) is 3.45. The standard InChI is InChI=1S/C33H25N3O6/c37-26-18-20-10-7-8-14-25(20)34-29(26)27-30(38)22-16-15-19(17-24(22)31(27)39)9-3-1-6-13-23-28(33(41)42)35-36(32(23)40)21-11-4-2-5-12-21/h1-18,20,25,29,34,37-38H,(H,41,42)/b6-1+,9-3+,23-13-. The van der Waals surface area contributed by atoms with Crippen LogP contribution in [0.15, 0.2) is 125 Å². The zero-order chi connectivity index (χ0) is 29.4. The van der Waals surface area contributed by atoms with Crippen LogP contribution in [0.25, 0.3) is 11.8 Å². The van der Waals surface area contributed by atoms with E-state index in [1.165, 1.54) is 12.2 Å². The van der Waals surface area contributed by atoms with E-state index in [4.69, 9.17) is 0 Å². The number of aliphatic carboxylic acids is 1. The molecule has 2 heterocycles. The number of carboxylic acid groups (broad SMARTS) is 1. The van der Waals surface area contributed by atoms with Gasteiger partial charge in [0, 0.05) is 23.1 Å². The maximum Gasteiger partial charge on any atom is 0.357 e. The van der Waals surface area contributed by atoms with E-state index in [0.717, 1.165) is 5.01 Å². The van der Waals surface area contributed by atoms with Gasteiger partial charge in [0.15, 0.2) is 11.5 Å². The van der Waals surface area contributed by atoms with Crippen LogP contribution in [0.1, 0.15) is 21.5 Å². The monoisotopic (exact) mass is 559 g/mol. The Morgan fingerprint density at radius 1 is 0.952 bits per heavy atom. The number of allylic oxidation sites excluding steroid dienone is 6. The third-order valence-electron chi connectivity index (χ3n) is 7.38. The predicted octanol–water partition coefficient (Wildman–Crippen LogP) is 4.66. The topological polar surface area (TPSA) is 140 Å². The lowest BCUT2D eigenvalue weighted by Gasteiger charge is -2.33. The minimum atomic E-state index is -1.31. The summed E-state index contributed by atoms with van der Waals surface area (Å²) in [6.45, 7) is 0. The van der Waals surface area contributed by atoms with Gasteiger partial charge in [-0.05, 0) is 42.0 Å². The zero-order valence-corrected chi connectivity index (χ0v) is 22.1. The van der Waals surface area contributed by atoms with E-state index in [1.54, 1.807) is 72.8 Å². The van der Waals surface area contributed by atoms with E-state index >= 15 is 0 Å². The van der Waals surface area contributed by atoms with E-state index in [9.17, 15) is 29.7 Å². The van der Waals surface area contributed by atoms with E-state index in [-0.39, 0.29) is 46.1 Å². The number of nitrogens with zero attached hydrogens (tertiary/aromatic N) is 2. The molecule has 9 heteroatoms. The molecule has 0 saturated carbocycles. The first-order valence-corrected chi connectivity index (χ1v) is 13.2. The Hall–Kier alpha value is -5.54. The molecule has 2 aromatic rings. The summed E-state index contributed by atoms with van der Waals surface area (Å²) in [6.07, 6.45) is 17.4. The van der Waals surface area contributed by atoms with Crippen LogP contribution in [0, 0.1) is 5.92 Å². The Kier molecular flexibility index (Phi) is 6.85. The summed E-state index contributed by atoms with van der Waals surface area (Å²) in [5, 5.41) is 39.4. The number of para-hydroxylation sites is 1. The van der Waals surface area contributed by atoms with Crippen molar-refractivity contribution >= 4 is 40.9 Å². The number of anilines is 1. The van der Waals surface area contributed by atoms with Crippen LogP contribution in [-0.2, 0) is 9.59 Å². The quantitative estimate of drug-likeness (QED) is 0.298. The number of carbonyl (C=O) groups excluding carboxylic acids is 2. The molecular formula is C33H25N3O6. The van der Waals surface area contributed by atoms with Gasteiger partial charge in [-0.1, -0.05) is 72.9 Å². The van der Waals surface area contributed by atoms with Crippen molar-refractivity contribution in [2.24, 2.45) is 11.0 Å². The molecule has 9 nitrogen and oxygen atoms in total. The molecule has 1 amide bonds. The Balaban J connectivity index is 1.17. The molecule has 2 aliphatic heterocycles. The molecule has 4 aliphatic rings. The van der Waals surface area contributed by atoms with Crippen molar-refractivity contribution in [2.75, 3.05) is 5.01 Å². The molecule has 4 N–H and O–H groups in total. The third kappa shape index (κ3) is 4.71. The molecule has 0 saturated heterocycles. The molecule has 2 aromatic carbocycles. The molecule has 0 spiro atoms. The predicted molar refractivity (Wildman–Crippen MR) is 159 cm³/mol. The second-order valence-electron chi connectivity index (χ2n) is 9.99. The molecule has 3 unspecified atom stereocenters. The number of fused-ring (bicyclic) bond motifs is 2. The van der Waals surface area contributed by atoms with Crippen molar-refractivity contribution in [3.63, 3.8) is 0 Å². The number of Topliss-reactive ketones (excluding diaryl/α,β-unsaturated/α-hetero) is 1. The minimum Gasteiger partial charge on any atom is -0.511 e. The fourth-order valence-electron chi connectivity index (χ4n) is 5.33. The summed E-state index contributed by atoms with van der Waals surface area (Å²) in [5.74, 6) is -2.44. The van der Waals surface area contributed by atoms with Crippen molar-refractivity contribution < 1.29 is 29.7 Å². The first-order valence-electron chi connectivity index (χ1n) is 13.2.